The number of carbonyl (C=O) groups is 3. The Labute approximate surface area is 210 Å². The summed E-state index contributed by atoms with van der Waals surface area (Å²) in [5, 5.41) is -0.227. The molecular weight excluding hydrogens is 452 g/mol. The van der Waals surface area contributed by atoms with Crippen LogP contribution in [0.2, 0.25) is 0 Å². The van der Waals surface area contributed by atoms with Gasteiger partial charge in [-0.2, -0.15) is 0 Å². The molecule has 0 bridgehead atoms. The molecule has 0 aromatic rings. The van der Waals surface area contributed by atoms with E-state index in [0.29, 0.717) is 36.0 Å². The second-order valence-electron chi connectivity index (χ2n) is 12.5. The van der Waals surface area contributed by atoms with E-state index in [4.69, 9.17) is 21.1 Å². The van der Waals surface area contributed by atoms with Crippen molar-refractivity contribution in [3.05, 3.63) is 0 Å². The minimum absolute atomic E-state index is 0.0691. The van der Waals surface area contributed by atoms with Crippen molar-refractivity contribution in [3.63, 3.8) is 0 Å². The van der Waals surface area contributed by atoms with Gasteiger partial charge in [-0.05, 0) is 110 Å². The summed E-state index contributed by atoms with van der Waals surface area (Å²) in [5.41, 5.74) is 0.380. The zero-order valence-corrected chi connectivity index (χ0v) is 22.4. The maximum absolute atomic E-state index is 12.1. The number of fused-ring (bicyclic) bond motifs is 5. The molecule has 34 heavy (non-hydrogen) atoms. The molecule has 0 aromatic carbocycles. The van der Waals surface area contributed by atoms with E-state index in [-0.39, 0.29) is 46.1 Å². The molecule has 6 heteroatoms. The van der Waals surface area contributed by atoms with Gasteiger partial charge < -0.3 is 9.47 Å². The topological polar surface area (TPSA) is 69.7 Å². The summed E-state index contributed by atoms with van der Waals surface area (Å²) in [4.78, 5) is 35.1. The molecular formula is C28H43ClO5. The van der Waals surface area contributed by atoms with E-state index in [0.717, 1.165) is 32.1 Å². The van der Waals surface area contributed by atoms with E-state index >= 15 is 0 Å². The van der Waals surface area contributed by atoms with Crippen LogP contribution in [0.5, 0.6) is 0 Å². The lowest BCUT2D eigenvalue weighted by Crippen LogP contribution is -2.59. The Bertz CT molecular complexity index is 813. The van der Waals surface area contributed by atoms with Gasteiger partial charge in [-0.25, -0.2) is 0 Å². The quantitative estimate of drug-likeness (QED) is 0.320. The summed E-state index contributed by atoms with van der Waals surface area (Å²) >= 11 is 5.66. The number of ether oxygens (including phenoxy) is 2. The van der Waals surface area contributed by atoms with Gasteiger partial charge in [-0.1, -0.05) is 20.8 Å². The SMILES string of the molecule is CC(=O)O[C@@H]1CC[C@]2(C)[C@H]3CC[C@]4(C)[C@@H]([C@H](C)CCC(=O)Cl)CC[C@H]4[C@@H]3C[C@H](OC(C)=O)[C@@H]2C1. The normalized spacial score (nSPS) is 44.2. The molecule has 0 saturated heterocycles. The number of halogens is 1. The van der Waals surface area contributed by atoms with Gasteiger partial charge in [-0.3, -0.25) is 14.4 Å². The molecule has 0 aliphatic heterocycles. The fourth-order valence-electron chi connectivity index (χ4n) is 9.43. The number of esters is 2. The molecule has 5 nitrogen and oxygen atoms in total. The zero-order valence-electron chi connectivity index (χ0n) is 21.6. The molecule has 192 valence electrons. The van der Waals surface area contributed by atoms with Crippen LogP contribution in [0.3, 0.4) is 0 Å². The molecule has 0 heterocycles. The average molecular weight is 495 g/mol. The molecule has 0 spiro atoms. The lowest BCUT2D eigenvalue weighted by atomic mass is 9.43. The minimum Gasteiger partial charge on any atom is -0.463 e. The Kier molecular flexibility index (Phi) is 7.45. The van der Waals surface area contributed by atoms with Crippen molar-refractivity contribution in [1.82, 2.24) is 0 Å². The van der Waals surface area contributed by atoms with E-state index in [9.17, 15) is 14.4 Å². The highest BCUT2D eigenvalue weighted by Gasteiger charge is 2.63. The monoisotopic (exact) mass is 494 g/mol. The van der Waals surface area contributed by atoms with Gasteiger partial charge in [0.15, 0.2) is 0 Å². The van der Waals surface area contributed by atoms with Crippen LogP contribution in [0.4, 0.5) is 0 Å². The molecule has 0 radical (unpaired) electrons. The average Bonchev–Trinajstić information content (AvgIpc) is 3.09. The predicted molar refractivity (Wildman–Crippen MR) is 131 cm³/mol. The van der Waals surface area contributed by atoms with Crippen LogP contribution in [0.15, 0.2) is 0 Å². The summed E-state index contributed by atoms with van der Waals surface area (Å²) in [5.74, 6) is 2.74. The van der Waals surface area contributed by atoms with Crippen molar-refractivity contribution < 1.29 is 23.9 Å². The lowest BCUT2D eigenvalue weighted by Gasteiger charge is -2.62. The second kappa shape index (κ2) is 9.75. The third kappa shape index (κ3) is 4.67. The second-order valence-corrected chi connectivity index (χ2v) is 12.9. The molecule has 0 unspecified atom stereocenters. The van der Waals surface area contributed by atoms with Gasteiger partial charge in [0.25, 0.3) is 0 Å². The van der Waals surface area contributed by atoms with Gasteiger partial charge in [0.2, 0.25) is 5.24 Å². The van der Waals surface area contributed by atoms with Crippen molar-refractivity contribution in [2.24, 2.45) is 46.3 Å². The lowest BCUT2D eigenvalue weighted by molar-refractivity contribution is -0.197. The van der Waals surface area contributed by atoms with Crippen molar-refractivity contribution in [2.45, 2.75) is 111 Å². The molecule has 4 aliphatic rings. The van der Waals surface area contributed by atoms with Crippen LogP contribution in [0, 0.1) is 46.3 Å². The standard InChI is InChI=1S/C28H43ClO5/c1-16(6-9-26(29)32)21-7-8-22-20-15-25(34-18(3)31)24-14-19(33-17(2)30)10-12-28(24,5)23(20)11-13-27(21,22)4/h16,19-25H,6-15H2,1-5H3/t16-,19-,20+,21-,22+,23+,24+,25+,27-,28-/m1/s1. The first-order valence-electron chi connectivity index (χ1n) is 13.5. The zero-order chi connectivity index (χ0) is 24.8. The summed E-state index contributed by atoms with van der Waals surface area (Å²) in [6.07, 6.45) is 9.70. The van der Waals surface area contributed by atoms with E-state index in [1.165, 1.54) is 39.5 Å². The maximum Gasteiger partial charge on any atom is 0.302 e. The van der Waals surface area contributed by atoms with E-state index in [2.05, 4.69) is 20.8 Å². The third-order valence-corrected chi connectivity index (χ3v) is 11.0. The highest BCUT2D eigenvalue weighted by Crippen LogP contribution is 2.68. The van der Waals surface area contributed by atoms with Crippen molar-refractivity contribution >= 4 is 28.8 Å². The molecule has 4 saturated carbocycles. The molecule has 0 aromatic heterocycles. The van der Waals surface area contributed by atoms with Crippen LogP contribution < -0.4 is 0 Å². The Morgan fingerprint density at radius 2 is 1.53 bits per heavy atom. The predicted octanol–water partition coefficient (Wildman–Crippen LogP) is 6.30. The highest BCUT2D eigenvalue weighted by molar-refractivity contribution is 6.63. The van der Waals surface area contributed by atoms with Gasteiger partial charge >= 0.3 is 11.9 Å². The summed E-state index contributed by atoms with van der Waals surface area (Å²) < 4.78 is 11.6. The minimum atomic E-state index is -0.227. The summed E-state index contributed by atoms with van der Waals surface area (Å²) in [6.45, 7) is 10.2. The Hall–Kier alpha value is -1.10. The number of carbonyl (C=O) groups excluding carboxylic acids is 3. The Morgan fingerprint density at radius 3 is 2.18 bits per heavy atom. The molecule has 0 amide bonds. The Balaban J connectivity index is 1.58. The largest absolute Gasteiger partial charge is 0.463 e. The fourth-order valence-corrected chi connectivity index (χ4v) is 9.54. The molecule has 4 rings (SSSR count). The van der Waals surface area contributed by atoms with Crippen LogP contribution in [-0.4, -0.2) is 29.4 Å². The molecule has 0 N–H and O–H groups in total. The van der Waals surface area contributed by atoms with Crippen LogP contribution >= 0.6 is 11.6 Å². The van der Waals surface area contributed by atoms with Crippen LogP contribution in [0.25, 0.3) is 0 Å². The maximum atomic E-state index is 12.1. The first-order valence-corrected chi connectivity index (χ1v) is 13.9. The fraction of sp³-hybridized carbons (Fsp3) is 0.893. The van der Waals surface area contributed by atoms with Crippen molar-refractivity contribution in [2.75, 3.05) is 0 Å². The van der Waals surface area contributed by atoms with Gasteiger partial charge in [-0.15, -0.1) is 0 Å². The Morgan fingerprint density at radius 1 is 0.882 bits per heavy atom. The molecule has 4 aliphatic carbocycles. The molecule has 10 atom stereocenters. The van der Waals surface area contributed by atoms with Gasteiger partial charge in [0.1, 0.15) is 12.2 Å². The van der Waals surface area contributed by atoms with Gasteiger partial charge in [0.05, 0.1) is 0 Å². The van der Waals surface area contributed by atoms with Crippen LogP contribution in [0.1, 0.15) is 98.8 Å². The number of rotatable bonds is 6. The number of hydrogen-bond donors (Lipinski definition) is 0. The van der Waals surface area contributed by atoms with E-state index in [1.54, 1.807) is 0 Å². The number of hydrogen-bond acceptors (Lipinski definition) is 5. The molecule has 4 fully saturated rings. The summed E-state index contributed by atoms with van der Waals surface area (Å²) in [7, 11) is 0. The first-order chi connectivity index (χ1) is 16.0. The van der Waals surface area contributed by atoms with Gasteiger partial charge in [0, 0.05) is 26.2 Å². The smallest absolute Gasteiger partial charge is 0.302 e. The highest BCUT2D eigenvalue weighted by atomic mass is 35.5. The van der Waals surface area contributed by atoms with E-state index < -0.39 is 0 Å². The van der Waals surface area contributed by atoms with Crippen molar-refractivity contribution in [1.29, 1.82) is 0 Å². The first kappa shape index (κ1) is 26.0. The third-order valence-electron chi connectivity index (χ3n) is 10.8. The van der Waals surface area contributed by atoms with E-state index in [1.807, 2.05) is 0 Å². The van der Waals surface area contributed by atoms with Crippen LogP contribution in [-0.2, 0) is 23.9 Å². The van der Waals surface area contributed by atoms with Crippen molar-refractivity contribution in [3.8, 4) is 0 Å². The summed E-state index contributed by atoms with van der Waals surface area (Å²) in [6, 6.07) is 0.